The molecule has 0 saturated carbocycles. The van der Waals surface area contributed by atoms with Gasteiger partial charge < -0.3 is 15.0 Å². The standard InChI is InChI=1S/C23H37N3O3/c1-5-12-24-21(27)18-25-13-15-26(16-14-25)22(28)7-6-17-29-20-10-8-19(9-11-20)23(2,3)4/h8-11H,5-7,12-18H2,1-4H3,(H,24,27). The molecule has 0 aromatic heterocycles. The minimum atomic E-state index is 0.0688. The van der Waals surface area contributed by atoms with Gasteiger partial charge in [-0.2, -0.15) is 0 Å². The van der Waals surface area contributed by atoms with Crippen LogP contribution in [0.25, 0.3) is 0 Å². The molecule has 2 amide bonds. The number of carbonyl (C=O) groups excluding carboxylic acids is 2. The second-order valence-electron chi connectivity index (χ2n) is 8.73. The van der Waals surface area contributed by atoms with Crippen molar-refractivity contribution < 1.29 is 14.3 Å². The lowest BCUT2D eigenvalue weighted by molar-refractivity contribution is -0.133. The zero-order valence-electron chi connectivity index (χ0n) is 18.5. The number of piperazine rings is 1. The van der Waals surface area contributed by atoms with Crippen molar-refractivity contribution in [1.82, 2.24) is 15.1 Å². The topological polar surface area (TPSA) is 61.9 Å². The Hall–Kier alpha value is -2.08. The van der Waals surface area contributed by atoms with Crippen LogP contribution in [0.5, 0.6) is 5.75 Å². The zero-order chi connectivity index (χ0) is 21.3. The van der Waals surface area contributed by atoms with E-state index in [9.17, 15) is 9.59 Å². The SMILES string of the molecule is CCCNC(=O)CN1CCN(C(=O)CCCOc2ccc(C(C)(C)C)cc2)CC1. The molecule has 1 aliphatic rings. The highest BCUT2D eigenvalue weighted by molar-refractivity contribution is 5.78. The Morgan fingerprint density at radius 2 is 1.72 bits per heavy atom. The first-order valence-corrected chi connectivity index (χ1v) is 10.8. The first kappa shape index (κ1) is 23.2. The Balaban J connectivity index is 1.62. The molecule has 0 spiro atoms. The van der Waals surface area contributed by atoms with Crippen LogP contribution in [0.2, 0.25) is 0 Å². The summed E-state index contributed by atoms with van der Waals surface area (Å²) in [6.45, 7) is 13.2. The van der Waals surface area contributed by atoms with E-state index in [-0.39, 0.29) is 17.2 Å². The Kier molecular flexibility index (Phi) is 8.96. The average molecular weight is 404 g/mol. The van der Waals surface area contributed by atoms with Crippen molar-refractivity contribution in [3.63, 3.8) is 0 Å². The Bertz CT molecular complexity index is 644. The molecule has 1 heterocycles. The van der Waals surface area contributed by atoms with Crippen LogP contribution in [0.4, 0.5) is 0 Å². The summed E-state index contributed by atoms with van der Waals surface area (Å²) >= 11 is 0. The molecule has 0 radical (unpaired) electrons. The molecule has 0 aliphatic carbocycles. The lowest BCUT2D eigenvalue weighted by Gasteiger charge is -2.34. The largest absolute Gasteiger partial charge is 0.494 e. The van der Waals surface area contributed by atoms with Crippen molar-refractivity contribution in [2.45, 2.75) is 52.4 Å². The van der Waals surface area contributed by atoms with Gasteiger partial charge in [-0.25, -0.2) is 0 Å². The number of amides is 2. The van der Waals surface area contributed by atoms with E-state index < -0.39 is 0 Å². The van der Waals surface area contributed by atoms with Crippen LogP contribution in [-0.2, 0) is 15.0 Å². The second kappa shape index (κ2) is 11.2. The number of nitrogens with zero attached hydrogens (tertiary/aromatic N) is 2. The number of benzene rings is 1. The summed E-state index contributed by atoms with van der Waals surface area (Å²) in [5, 5.41) is 2.90. The Morgan fingerprint density at radius 3 is 2.31 bits per heavy atom. The van der Waals surface area contributed by atoms with Crippen LogP contribution in [0.1, 0.15) is 52.5 Å². The van der Waals surface area contributed by atoms with Crippen LogP contribution in [0.3, 0.4) is 0 Å². The molecule has 0 atom stereocenters. The van der Waals surface area contributed by atoms with E-state index in [4.69, 9.17) is 4.74 Å². The number of hydrogen-bond donors (Lipinski definition) is 1. The van der Waals surface area contributed by atoms with Crippen molar-refractivity contribution in [3.05, 3.63) is 29.8 Å². The zero-order valence-corrected chi connectivity index (χ0v) is 18.5. The molecule has 6 nitrogen and oxygen atoms in total. The van der Waals surface area contributed by atoms with Gasteiger partial charge in [0.1, 0.15) is 5.75 Å². The van der Waals surface area contributed by atoms with Gasteiger partial charge >= 0.3 is 0 Å². The molecule has 1 N–H and O–H groups in total. The number of hydrogen-bond acceptors (Lipinski definition) is 4. The lowest BCUT2D eigenvalue weighted by atomic mass is 9.87. The Labute approximate surface area is 175 Å². The van der Waals surface area contributed by atoms with Crippen molar-refractivity contribution in [3.8, 4) is 5.75 Å². The average Bonchev–Trinajstić information content (AvgIpc) is 2.69. The van der Waals surface area contributed by atoms with Crippen molar-refractivity contribution in [2.24, 2.45) is 0 Å². The number of ether oxygens (including phenoxy) is 1. The number of nitrogens with one attached hydrogen (secondary N) is 1. The summed E-state index contributed by atoms with van der Waals surface area (Å²) in [5.74, 6) is 1.09. The number of carbonyl (C=O) groups is 2. The highest BCUT2D eigenvalue weighted by Crippen LogP contribution is 2.24. The molecule has 0 unspecified atom stereocenters. The summed E-state index contributed by atoms with van der Waals surface area (Å²) in [6.07, 6.45) is 2.15. The molecule has 1 aromatic rings. The summed E-state index contributed by atoms with van der Waals surface area (Å²) in [4.78, 5) is 28.2. The number of rotatable bonds is 9. The predicted molar refractivity (Wildman–Crippen MR) is 116 cm³/mol. The monoisotopic (exact) mass is 403 g/mol. The van der Waals surface area contributed by atoms with Crippen LogP contribution in [0.15, 0.2) is 24.3 Å². The third-order valence-electron chi connectivity index (χ3n) is 5.19. The molecule has 1 aliphatic heterocycles. The summed E-state index contributed by atoms with van der Waals surface area (Å²) in [5.41, 5.74) is 1.41. The normalized spacial score (nSPS) is 15.2. The predicted octanol–water partition coefficient (Wildman–Crippen LogP) is 2.81. The van der Waals surface area contributed by atoms with E-state index in [0.717, 1.165) is 31.8 Å². The fourth-order valence-corrected chi connectivity index (χ4v) is 3.30. The van der Waals surface area contributed by atoms with Gasteiger partial charge in [0.05, 0.1) is 13.2 Å². The van der Waals surface area contributed by atoms with Gasteiger partial charge in [-0.05, 0) is 36.0 Å². The van der Waals surface area contributed by atoms with Gasteiger partial charge in [0.15, 0.2) is 0 Å². The fraction of sp³-hybridized carbons (Fsp3) is 0.652. The minimum Gasteiger partial charge on any atom is -0.494 e. The molecule has 162 valence electrons. The van der Waals surface area contributed by atoms with Gasteiger partial charge in [-0.1, -0.05) is 39.8 Å². The summed E-state index contributed by atoms with van der Waals surface area (Å²) < 4.78 is 5.78. The molecule has 1 aromatic carbocycles. The van der Waals surface area contributed by atoms with Crippen molar-refractivity contribution in [1.29, 1.82) is 0 Å². The molecule has 0 bridgehead atoms. The van der Waals surface area contributed by atoms with Crippen LogP contribution in [-0.4, -0.2) is 67.5 Å². The van der Waals surface area contributed by atoms with Crippen molar-refractivity contribution in [2.75, 3.05) is 45.9 Å². The molecule has 2 rings (SSSR count). The molecule has 6 heteroatoms. The van der Waals surface area contributed by atoms with Crippen LogP contribution in [0, 0.1) is 0 Å². The van der Waals surface area contributed by atoms with E-state index in [1.54, 1.807) is 0 Å². The summed E-state index contributed by atoms with van der Waals surface area (Å²) in [7, 11) is 0. The van der Waals surface area contributed by atoms with Crippen molar-refractivity contribution >= 4 is 11.8 Å². The maximum atomic E-state index is 12.4. The summed E-state index contributed by atoms with van der Waals surface area (Å²) in [6, 6.07) is 8.20. The second-order valence-corrected chi connectivity index (χ2v) is 8.73. The highest BCUT2D eigenvalue weighted by atomic mass is 16.5. The third-order valence-corrected chi connectivity index (χ3v) is 5.19. The Morgan fingerprint density at radius 1 is 1.07 bits per heavy atom. The van der Waals surface area contributed by atoms with E-state index in [1.807, 2.05) is 24.0 Å². The van der Waals surface area contributed by atoms with E-state index >= 15 is 0 Å². The maximum Gasteiger partial charge on any atom is 0.234 e. The first-order valence-electron chi connectivity index (χ1n) is 10.8. The van der Waals surface area contributed by atoms with E-state index in [0.29, 0.717) is 39.1 Å². The molecule has 29 heavy (non-hydrogen) atoms. The fourth-order valence-electron chi connectivity index (χ4n) is 3.30. The quantitative estimate of drug-likeness (QED) is 0.644. The van der Waals surface area contributed by atoms with Gasteiger partial charge in [0, 0.05) is 39.1 Å². The lowest BCUT2D eigenvalue weighted by Crippen LogP contribution is -2.51. The highest BCUT2D eigenvalue weighted by Gasteiger charge is 2.22. The van der Waals surface area contributed by atoms with E-state index in [2.05, 4.69) is 43.1 Å². The maximum absolute atomic E-state index is 12.4. The van der Waals surface area contributed by atoms with Gasteiger partial charge in [0.2, 0.25) is 11.8 Å². The smallest absolute Gasteiger partial charge is 0.234 e. The minimum absolute atomic E-state index is 0.0688. The third kappa shape index (κ3) is 8.05. The van der Waals surface area contributed by atoms with Gasteiger partial charge in [0.25, 0.3) is 0 Å². The first-order chi connectivity index (χ1) is 13.8. The van der Waals surface area contributed by atoms with E-state index in [1.165, 1.54) is 5.56 Å². The van der Waals surface area contributed by atoms with Gasteiger partial charge in [-0.15, -0.1) is 0 Å². The molecular weight excluding hydrogens is 366 g/mol. The van der Waals surface area contributed by atoms with Crippen LogP contribution >= 0.6 is 0 Å². The molecule has 1 saturated heterocycles. The molecular formula is C23H37N3O3. The van der Waals surface area contributed by atoms with Crippen LogP contribution < -0.4 is 10.1 Å². The molecule has 1 fully saturated rings. The van der Waals surface area contributed by atoms with Gasteiger partial charge in [-0.3, -0.25) is 14.5 Å².